The molecule has 0 radical (unpaired) electrons. The zero-order valence-corrected chi connectivity index (χ0v) is 20.4. The summed E-state index contributed by atoms with van der Waals surface area (Å²) >= 11 is 0. The molecule has 0 spiro atoms. The Balaban J connectivity index is 1.20. The largest absolute Gasteiger partial charge is 0.497 e. The number of piperazine rings is 1. The van der Waals surface area contributed by atoms with Crippen LogP contribution in [0.2, 0.25) is 0 Å². The molecule has 1 aliphatic rings. The number of hydrogen-bond acceptors (Lipinski definition) is 7. The number of rotatable bonds is 7. The summed E-state index contributed by atoms with van der Waals surface area (Å²) in [5.74, 6) is 2.17. The Morgan fingerprint density at radius 2 is 1.75 bits per heavy atom. The molecule has 0 atom stereocenters. The number of aryl methyl sites for hydroxylation is 1. The molecule has 5 rings (SSSR count). The van der Waals surface area contributed by atoms with Crippen molar-refractivity contribution in [2.45, 2.75) is 6.92 Å². The number of carbonyl (C=O) groups is 1. The molecule has 1 aromatic heterocycles. The van der Waals surface area contributed by atoms with Crippen LogP contribution in [0.4, 0.5) is 5.69 Å². The van der Waals surface area contributed by atoms with Crippen molar-refractivity contribution in [3.05, 3.63) is 78.4 Å². The number of para-hydroxylation sites is 1. The second kappa shape index (κ2) is 10.5. The number of amides is 1. The van der Waals surface area contributed by atoms with E-state index in [0.29, 0.717) is 36.1 Å². The van der Waals surface area contributed by atoms with Crippen LogP contribution in [0.1, 0.15) is 5.56 Å². The van der Waals surface area contributed by atoms with Crippen LogP contribution < -0.4 is 14.4 Å². The molecule has 184 valence electrons. The molecular weight excluding hydrogens is 456 g/mol. The monoisotopic (exact) mass is 484 g/mol. The molecule has 1 aliphatic heterocycles. The van der Waals surface area contributed by atoms with Crippen LogP contribution in [0, 0.1) is 6.92 Å². The smallest absolute Gasteiger partial charge is 0.262 e. The van der Waals surface area contributed by atoms with Gasteiger partial charge in [0.25, 0.3) is 11.8 Å². The zero-order valence-electron chi connectivity index (χ0n) is 20.4. The van der Waals surface area contributed by atoms with E-state index in [1.54, 1.807) is 13.2 Å². The van der Waals surface area contributed by atoms with Gasteiger partial charge >= 0.3 is 0 Å². The summed E-state index contributed by atoms with van der Waals surface area (Å²) in [5.41, 5.74) is 3.77. The molecule has 1 fully saturated rings. The van der Waals surface area contributed by atoms with E-state index >= 15 is 0 Å². The van der Waals surface area contributed by atoms with Crippen molar-refractivity contribution in [1.82, 2.24) is 15.0 Å². The van der Waals surface area contributed by atoms with Gasteiger partial charge in [-0.2, -0.15) is 4.98 Å². The van der Waals surface area contributed by atoms with E-state index in [2.05, 4.69) is 15.0 Å². The van der Waals surface area contributed by atoms with Crippen LogP contribution >= 0.6 is 0 Å². The van der Waals surface area contributed by atoms with Crippen molar-refractivity contribution >= 4 is 11.6 Å². The number of anilines is 1. The fraction of sp³-hybridized carbons (Fsp3) is 0.250. The van der Waals surface area contributed by atoms with Crippen LogP contribution in [0.5, 0.6) is 11.5 Å². The van der Waals surface area contributed by atoms with Crippen LogP contribution in [0.3, 0.4) is 0 Å². The van der Waals surface area contributed by atoms with Gasteiger partial charge in [0.05, 0.1) is 12.7 Å². The number of ether oxygens (including phenoxy) is 2. The average molecular weight is 485 g/mol. The van der Waals surface area contributed by atoms with Crippen LogP contribution in [-0.4, -0.2) is 60.8 Å². The molecule has 1 saturated heterocycles. The zero-order chi connectivity index (χ0) is 24.9. The van der Waals surface area contributed by atoms with E-state index in [0.717, 1.165) is 35.7 Å². The summed E-state index contributed by atoms with van der Waals surface area (Å²) in [6.07, 6.45) is 0. The molecule has 0 aliphatic carbocycles. The third-order valence-corrected chi connectivity index (χ3v) is 6.24. The number of carbonyl (C=O) groups excluding carboxylic acids is 1. The molecule has 0 saturated carbocycles. The third kappa shape index (κ3) is 5.17. The minimum atomic E-state index is -0.0571. The lowest BCUT2D eigenvalue weighted by Crippen LogP contribution is -2.50. The maximum absolute atomic E-state index is 12.9. The second-order valence-corrected chi connectivity index (χ2v) is 8.64. The molecule has 2 heterocycles. The van der Waals surface area contributed by atoms with Gasteiger partial charge in [0.15, 0.2) is 6.61 Å². The lowest BCUT2D eigenvalue weighted by Gasteiger charge is -2.36. The fourth-order valence-corrected chi connectivity index (χ4v) is 4.24. The standard InChI is InChI=1S/C28H28N4O4/c1-20-6-5-7-21(18-20)27-29-28(36-30-27)24-8-3-4-9-25(24)35-19-26(33)32-16-14-31(15-17-32)22-10-12-23(34-2)13-11-22/h3-13,18H,14-17,19H2,1-2H3. The van der Waals surface area contributed by atoms with Crippen molar-refractivity contribution in [2.24, 2.45) is 0 Å². The molecule has 8 heteroatoms. The highest BCUT2D eigenvalue weighted by molar-refractivity contribution is 5.78. The van der Waals surface area contributed by atoms with Gasteiger partial charge in [-0.05, 0) is 49.4 Å². The Labute approximate surface area is 210 Å². The summed E-state index contributed by atoms with van der Waals surface area (Å²) in [4.78, 5) is 21.5. The number of benzene rings is 3. The Bertz CT molecular complexity index is 1330. The van der Waals surface area contributed by atoms with Crippen molar-refractivity contribution in [3.63, 3.8) is 0 Å². The predicted molar refractivity (Wildman–Crippen MR) is 137 cm³/mol. The van der Waals surface area contributed by atoms with Crippen molar-refractivity contribution in [1.29, 1.82) is 0 Å². The molecule has 3 aromatic carbocycles. The van der Waals surface area contributed by atoms with Gasteiger partial charge in [0.1, 0.15) is 11.5 Å². The first-order chi connectivity index (χ1) is 17.6. The molecule has 0 N–H and O–H groups in total. The topological polar surface area (TPSA) is 80.9 Å². The van der Waals surface area contributed by atoms with Crippen LogP contribution in [0.15, 0.2) is 77.3 Å². The van der Waals surface area contributed by atoms with Crippen molar-refractivity contribution in [3.8, 4) is 34.3 Å². The highest BCUT2D eigenvalue weighted by Crippen LogP contribution is 2.30. The SMILES string of the molecule is COc1ccc(N2CCN(C(=O)COc3ccccc3-c3nc(-c4cccc(C)c4)no3)CC2)cc1. The minimum absolute atomic E-state index is 0.0508. The first kappa shape index (κ1) is 23.4. The van der Waals surface area contributed by atoms with Gasteiger partial charge in [-0.3, -0.25) is 4.79 Å². The van der Waals surface area contributed by atoms with Gasteiger partial charge in [0.2, 0.25) is 5.82 Å². The van der Waals surface area contributed by atoms with E-state index in [4.69, 9.17) is 14.0 Å². The summed E-state index contributed by atoms with van der Waals surface area (Å²) in [6.45, 7) is 4.76. The second-order valence-electron chi connectivity index (χ2n) is 8.64. The lowest BCUT2D eigenvalue weighted by atomic mass is 10.1. The summed E-state index contributed by atoms with van der Waals surface area (Å²) in [7, 11) is 1.66. The van der Waals surface area contributed by atoms with Gasteiger partial charge in [0, 0.05) is 37.4 Å². The summed E-state index contributed by atoms with van der Waals surface area (Å²) in [6, 6.07) is 23.3. The maximum atomic E-state index is 12.9. The first-order valence-corrected chi connectivity index (χ1v) is 11.9. The Hall–Kier alpha value is -4.33. The van der Waals surface area contributed by atoms with E-state index < -0.39 is 0 Å². The van der Waals surface area contributed by atoms with Gasteiger partial charge in [-0.25, -0.2) is 0 Å². The molecular formula is C28H28N4O4. The molecule has 4 aromatic rings. The molecule has 0 unspecified atom stereocenters. The van der Waals surface area contributed by atoms with E-state index in [-0.39, 0.29) is 12.5 Å². The minimum Gasteiger partial charge on any atom is -0.497 e. The van der Waals surface area contributed by atoms with E-state index in [1.807, 2.05) is 78.6 Å². The summed E-state index contributed by atoms with van der Waals surface area (Å²) < 4.78 is 16.7. The lowest BCUT2D eigenvalue weighted by molar-refractivity contribution is -0.133. The third-order valence-electron chi connectivity index (χ3n) is 6.24. The number of aromatic nitrogens is 2. The van der Waals surface area contributed by atoms with Crippen LogP contribution in [0.25, 0.3) is 22.8 Å². The Morgan fingerprint density at radius 1 is 0.972 bits per heavy atom. The highest BCUT2D eigenvalue weighted by Gasteiger charge is 2.22. The first-order valence-electron chi connectivity index (χ1n) is 11.9. The molecule has 8 nitrogen and oxygen atoms in total. The fourth-order valence-electron chi connectivity index (χ4n) is 4.24. The summed E-state index contributed by atoms with van der Waals surface area (Å²) in [5, 5.41) is 4.13. The average Bonchev–Trinajstić information content (AvgIpc) is 3.42. The normalized spacial score (nSPS) is 13.5. The highest BCUT2D eigenvalue weighted by atomic mass is 16.5. The molecule has 0 bridgehead atoms. The maximum Gasteiger partial charge on any atom is 0.262 e. The number of nitrogens with zero attached hydrogens (tertiary/aromatic N) is 4. The molecule has 1 amide bonds. The number of hydrogen-bond donors (Lipinski definition) is 0. The van der Waals surface area contributed by atoms with Gasteiger partial charge in [-0.15, -0.1) is 0 Å². The van der Waals surface area contributed by atoms with E-state index in [1.165, 1.54) is 0 Å². The predicted octanol–water partition coefficient (Wildman–Crippen LogP) is 4.45. The van der Waals surface area contributed by atoms with Crippen LogP contribution in [-0.2, 0) is 4.79 Å². The quantitative estimate of drug-likeness (QED) is 0.383. The van der Waals surface area contributed by atoms with Crippen molar-refractivity contribution in [2.75, 3.05) is 44.8 Å². The van der Waals surface area contributed by atoms with Crippen molar-refractivity contribution < 1.29 is 18.8 Å². The Kier molecular flexibility index (Phi) is 6.84. The molecule has 36 heavy (non-hydrogen) atoms. The van der Waals surface area contributed by atoms with E-state index in [9.17, 15) is 4.79 Å². The van der Waals surface area contributed by atoms with Gasteiger partial charge in [-0.1, -0.05) is 41.1 Å². The number of methoxy groups -OCH3 is 1. The van der Waals surface area contributed by atoms with Gasteiger partial charge < -0.3 is 23.8 Å². The Morgan fingerprint density at radius 3 is 2.50 bits per heavy atom.